The Hall–Kier alpha value is -1.21. The highest BCUT2D eigenvalue weighted by atomic mass is 35.5. The van der Waals surface area contributed by atoms with Crippen molar-refractivity contribution in [1.29, 1.82) is 0 Å². The molecule has 22 heavy (non-hydrogen) atoms. The van der Waals surface area contributed by atoms with Gasteiger partial charge in [-0.05, 0) is 32.9 Å². The van der Waals surface area contributed by atoms with Crippen molar-refractivity contribution in [3.8, 4) is 0 Å². The number of hydrogen-bond acceptors (Lipinski definition) is 5. The monoisotopic (exact) mass is 350 g/mol. The van der Waals surface area contributed by atoms with E-state index in [0.29, 0.717) is 0 Å². The maximum absolute atomic E-state index is 11.5. The zero-order valence-corrected chi connectivity index (χ0v) is 14.1. The van der Waals surface area contributed by atoms with Crippen LogP contribution in [0.3, 0.4) is 0 Å². The molecule has 1 amide bonds. The fourth-order valence-corrected chi connectivity index (χ4v) is 2.08. The van der Waals surface area contributed by atoms with E-state index in [0.717, 1.165) is 0 Å². The van der Waals surface area contributed by atoms with Gasteiger partial charge in [-0.2, -0.15) is 0 Å². The molecule has 0 radical (unpaired) electrons. The molecule has 0 spiro atoms. The molecule has 1 aromatic rings. The summed E-state index contributed by atoms with van der Waals surface area (Å²) in [6.45, 7) is 4.93. The van der Waals surface area contributed by atoms with E-state index in [4.69, 9.17) is 33.7 Å². The quantitative estimate of drug-likeness (QED) is 0.624. The summed E-state index contributed by atoms with van der Waals surface area (Å²) >= 11 is 11.8. The number of alkyl carbamates (subject to hydrolysis) is 1. The van der Waals surface area contributed by atoms with Gasteiger partial charge >= 0.3 is 6.09 Å². The fourth-order valence-electron chi connectivity index (χ4n) is 1.63. The number of nitrogen functional groups attached to an aromatic ring is 1. The number of anilines is 1. The number of ether oxygens (including phenoxy) is 1. The fraction of sp³-hybridized carbons (Fsp3) is 0.500. The second-order valence-electron chi connectivity index (χ2n) is 5.79. The van der Waals surface area contributed by atoms with Crippen molar-refractivity contribution in [2.75, 3.05) is 12.3 Å². The Labute approximate surface area is 139 Å². The van der Waals surface area contributed by atoms with Gasteiger partial charge in [0.05, 0.1) is 10.7 Å². The maximum atomic E-state index is 11.5. The van der Waals surface area contributed by atoms with Crippen molar-refractivity contribution in [3.63, 3.8) is 0 Å². The Balaban J connectivity index is 2.68. The van der Waals surface area contributed by atoms with E-state index >= 15 is 0 Å². The summed E-state index contributed by atoms with van der Waals surface area (Å²) in [4.78, 5) is 11.5. The van der Waals surface area contributed by atoms with Crippen LogP contribution in [0.2, 0.25) is 10.0 Å². The number of amides is 1. The summed E-state index contributed by atoms with van der Waals surface area (Å²) in [5.41, 5.74) is 5.43. The second-order valence-corrected chi connectivity index (χ2v) is 6.60. The van der Waals surface area contributed by atoms with E-state index < -0.39 is 23.9 Å². The van der Waals surface area contributed by atoms with E-state index in [-0.39, 0.29) is 27.8 Å². The molecule has 2 atom stereocenters. The highest BCUT2D eigenvalue weighted by molar-refractivity contribution is 6.35. The Morgan fingerprint density at radius 1 is 1.32 bits per heavy atom. The molecule has 2 unspecified atom stereocenters. The highest BCUT2D eigenvalue weighted by Gasteiger charge is 2.23. The predicted molar refractivity (Wildman–Crippen MR) is 86.1 cm³/mol. The molecule has 0 aromatic heterocycles. The largest absolute Gasteiger partial charge is 0.444 e. The molecule has 5 N–H and O–H groups in total. The lowest BCUT2D eigenvalue weighted by atomic mass is 10.0. The van der Waals surface area contributed by atoms with Gasteiger partial charge in [0.25, 0.3) is 0 Å². The number of aliphatic hydroxyl groups is 2. The third kappa shape index (κ3) is 5.53. The van der Waals surface area contributed by atoms with Gasteiger partial charge in [0.2, 0.25) is 0 Å². The summed E-state index contributed by atoms with van der Waals surface area (Å²) in [6, 6.07) is 2.76. The Morgan fingerprint density at radius 3 is 2.45 bits per heavy atom. The van der Waals surface area contributed by atoms with Crippen LogP contribution in [0.5, 0.6) is 0 Å². The number of halogens is 2. The van der Waals surface area contributed by atoms with E-state index in [1.807, 2.05) is 0 Å². The summed E-state index contributed by atoms with van der Waals surface area (Å²) < 4.78 is 5.03. The van der Waals surface area contributed by atoms with E-state index in [9.17, 15) is 15.0 Å². The van der Waals surface area contributed by atoms with Gasteiger partial charge in [0.1, 0.15) is 17.8 Å². The molecule has 6 nitrogen and oxygen atoms in total. The lowest BCUT2D eigenvalue weighted by Gasteiger charge is -2.23. The minimum atomic E-state index is -1.33. The summed E-state index contributed by atoms with van der Waals surface area (Å²) in [5.74, 6) is 0. The number of rotatable bonds is 4. The molecule has 0 aliphatic rings. The lowest BCUT2D eigenvalue weighted by molar-refractivity contribution is 0.0130. The Morgan fingerprint density at radius 2 is 1.91 bits per heavy atom. The molecule has 0 saturated carbocycles. The van der Waals surface area contributed by atoms with Gasteiger partial charge in [-0.3, -0.25) is 0 Å². The number of nitrogens with one attached hydrogen (secondary N) is 1. The molecule has 0 fully saturated rings. The van der Waals surface area contributed by atoms with Crippen LogP contribution in [-0.2, 0) is 4.74 Å². The van der Waals surface area contributed by atoms with Gasteiger partial charge in [-0.25, -0.2) is 4.79 Å². The van der Waals surface area contributed by atoms with Gasteiger partial charge in [0, 0.05) is 17.1 Å². The number of nitrogens with two attached hydrogens (primary N) is 1. The predicted octanol–water partition coefficient (Wildman–Crippen LogP) is 2.49. The van der Waals surface area contributed by atoms with Crippen molar-refractivity contribution in [2.24, 2.45) is 0 Å². The summed E-state index contributed by atoms with van der Waals surface area (Å²) in [6.07, 6.45) is -3.31. The van der Waals surface area contributed by atoms with Crippen LogP contribution < -0.4 is 11.1 Å². The van der Waals surface area contributed by atoms with E-state index in [1.54, 1.807) is 20.8 Å². The molecule has 8 heteroatoms. The number of hydrogen-bond donors (Lipinski definition) is 4. The molecular formula is C14H20Cl2N2O4. The number of carbonyl (C=O) groups is 1. The van der Waals surface area contributed by atoms with Crippen LogP contribution in [-0.4, -0.2) is 34.6 Å². The zero-order chi connectivity index (χ0) is 17.1. The second kappa shape index (κ2) is 7.37. The van der Waals surface area contributed by atoms with Crippen LogP contribution in [0.4, 0.5) is 10.5 Å². The SMILES string of the molecule is CC(C)(C)OC(=O)NCC(O)C(O)c1cc(Cl)c(N)cc1Cl. The topological polar surface area (TPSA) is 105 Å². The summed E-state index contributed by atoms with van der Waals surface area (Å²) in [7, 11) is 0. The molecule has 0 aliphatic heterocycles. The normalized spacial score (nSPS) is 14.3. The molecule has 0 aliphatic carbocycles. The third-order valence-corrected chi connectivity index (χ3v) is 3.31. The molecular weight excluding hydrogens is 331 g/mol. The van der Waals surface area contributed by atoms with Crippen molar-refractivity contribution in [1.82, 2.24) is 5.32 Å². The number of benzene rings is 1. The average molecular weight is 351 g/mol. The zero-order valence-electron chi connectivity index (χ0n) is 12.6. The number of carbonyl (C=O) groups excluding carboxylic acids is 1. The average Bonchev–Trinajstić information content (AvgIpc) is 2.37. The first kappa shape index (κ1) is 18.8. The minimum Gasteiger partial charge on any atom is -0.444 e. The van der Waals surface area contributed by atoms with Crippen LogP contribution in [0.1, 0.15) is 32.4 Å². The van der Waals surface area contributed by atoms with Crippen LogP contribution in [0.15, 0.2) is 12.1 Å². The van der Waals surface area contributed by atoms with Crippen LogP contribution in [0, 0.1) is 0 Å². The molecule has 0 heterocycles. The van der Waals surface area contributed by atoms with Crippen LogP contribution >= 0.6 is 23.2 Å². The maximum Gasteiger partial charge on any atom is 0.407 e. The van der Waals surface area contributed by atoms with E-state index in [1.165, 1.54) is 12.1 Å². The standard InChI is InChI=1S/C14H20Cl2N2O4/c1-14(2,3)22-13(21)18-6-11(19)12(20)7-4-9(16)10(17)5-8(7)15/h4-5,11-12,19-20H,6,17H2,1-3H3,(H,18,21). The first-order valence-corrected chi connectivity index (χ1v) is 7.34. The highest BCUT2D eigenvalue weighted by Crippen LogP contribution is 2.32. The first-order chi connectivity index (χ1) is 10.0. The molecule has 1 rings (SSSR count). The number of aliphatic hydroxyl groups excluding tert-OH is 2. The van der Waals surface area contributed by atoms with Gasteiger partial charge in [-0.15, -0.1) is 0 Å². The lowest BCUT2D eigenvalue weighted by Crippen LogP contribution is -2.38. The Bertz CT molecular complexity index is 546. The Kier molecular flexibility index (Phi) is 6.31. The van der Waals surface area contributed by atoms with E-state index in [2.05, 4.69) is 5.32 Å². The minimum absolute atomic E-state index is 0.172. The van der Waals surface area contributed by atoms with Crippen molar-refractivity contribution < 1.29 is 19.7 Å². The summed E-state index contributed by atoms with van der Waals surface area (Å²) in [5, 5.41) is 22.8. The smallest absolute Gasteiger partial charge is 0.407 e. The van der Waals surface area contributed by atoms with Crippen molar-refractivity contribution in [3.05, 3.63) is 27.7 Å². The van der Waals surface area contributed by atoms with Crippen molar-refractivity contribution >= 4 is 35.0 Å². The van der Waals surface area contributed by atoms with Gasteiger partial charge in [0.15, 0.2) is 0 Å². The first-order valence-electron chi connectivity index (χ1n) is 6.58. The van der Waals surface area contributed by atoms with Crippen LogP contribution in [0.25, 0.3) is 0 Å². The molecule has 124 valence electrons. The van der Waals surface area contributed by atoms with Gasteiger partial charge < -0.3 is 26.0 Å². The molecule has 0 saturated heterocycles. The molecule has 0 bridgehead atoms. The van der Waals surface area contributed by atoms with Crippen molar-refractivity contribution in [2.45, 2.75) is 38.6 Å². The molecule has 1 aromatic carbocycles. The third-order valence-electron chi connectivity index (χ3n) is 2.65. The van der Waals surface area contributed by atoms with Gasteiger partial charge in [-0.1, -0.05) is 23.2 Å².